The third-order valence-electron chi connectivity index (χ3n) is 3.67. The lowest BCUT2D eigenvalue weighted by molar-refractivity contribution is -0.192. The monoisotopic (exact) mass is 355 g/mol. The summed E-state index contributed by atoms with van der Waals surface area (Å²) in [6.45, 7) is 0.872. The fraction of sp³-hybridized carbons (Fsp3) is 0.235. The Morgan fingerprint density at radius 1 is 1.08 bits per heavy atom. The number of carboxylic acids is 1. The zero-order valence-corrected chi connectivity index (χ0v) is 12.9. The maximum atomic E-state index is 10.6. The molecule has 0 amide bonds. The number of phenols is 2. The first-order valence-corrected chi connectivity index (χ1v) is 7.33. The van der Waals surface area contributed by atoms with E-state index in [9.17, 15) is 23.4 Å². The van der Waals surface area contributed by atoms with Gasteiger partial charge in [0.25, 0.3) is 0 Å². The van der Waals surface area contributed by atoms with Crippen LogP contribution in [0.1, 0.15) is 22.7 Å². The van der Waals surface area contributed by atoms with Crippen LogP contribution in [-0.4, -0.2) is 34.0 Å². The van der Waals surface area contributed by atoms with E-state index in [0.29, 0.717) is 0 Å². The van der Waals surface area contributed by atoms with Gasteiger partial charge in [0, 0.05) is 6.54 Å². The summed E-state index contributed by atoms with van der Waals surface area (Å²) in [4.78, 5) is 8.90. The Kier molecular flexibility index (Phi) is 5.53. The Hall–Kier alpha value is -2.74. The molecule has 0 saturated heterocycles. The predicted octanol–water partition coefficient (Wildman–Crippen LogP) is 2.97. The summed E-state index contributed by atoms with van der Waals surface area (Å²) in [5.41, 5.74) is 3.31. The minimum absolute atomic E-state index is 0.0394. The number of halogens is 3. The van der Waals surface area contributed by atoms with Gasteiger partial charge >= 0.3 is 12.1 Å². The molecule has 0 bridgehead atoms. The van der Waals surface area contributed by atoms with Crippen LogP contribution in [0.3, 0.4) is 0 Å². The van der Waals surface area contributed by atoms with Gasteiger partial charge in [-0.25, -0.2) is 4.79 Å². The average Bonchev–Trinajstić information content (AvgIpc) is 2.56. The molecule has 2 aromatic rings. The Bertz CT molecular complexity index is 748. The van der Waals surface area contributed by atoms with Crippen LogP contribution in [-0.2, 0) is 11.2 Å². The molecule has 1 heterocycles. The first-order valence-electron chi connectivity index (χ1n) is 7.33. The van der Waals surface area contributed by atoms with E-state index in [2.05, 4.69) is 17.4 Å². The zero-order valence-electron chi connectivity index (χ0n) is 12.9. The third kappa shape index (κ3) is 4.63. The van der Waals surface area contributed by atoms with E-state index in [4.69, 9.17) is 9.90 Å². The van der Waals surface area contributed by atoms with Crippen LogP contribution in [0.15, 0.2) is 42.5 Å². The number of carboxylic acid groups (broad SMARTS) is 1. The van der Waals surface area contributed by atoms with E-state index in [-0.39, 0.29) is 17.5 Å². The Labute approximate surface area is 141 Å². The molecule has 1 aliphatic rings. The zero-order chi connectivity index (χ0) is 18.6. The molecule has 134 valence electrons. The summed E-state index contributed by atoms with van der Waals surface area (Å²) in [5, 5.41) is 29.8. The van der Waals surface area contributed by atoms with Gasteiger partial charge in [0.15, 0.2) is 11.5 Å². The molecule has 5 nitrogen and oxygen atoms in total. The van der Waals surface area contributed by atoms with Crippen molar-refractivity contribution in [2.45, 2.75) is 18.6 Å². The molecule has 1 atom stereocenters. The van der Waals surface area contributed by atoms with Crippen molar-refractivity contribution in [3.8, 4) is 11.5 Å². The van der Waals surface area contributed by atoms with Crippen molar-refractivity contribution in [3.05, 3.63) is 59.2 Å². The fourth-order valence-corrected chi connectivity index (χ4v) is 2.53. The number of hydrogen-bond donors (Lipinski definition) is 4. The predicted molar refractivity (Wildman–Crippen MR) is 83.5 cm³/mol. The number of aromatic hydroxyl groups is 2. The van der Waals surface area contributed by atoms with E-state index in [1.807, 2.05) is 18.2 Å². The SMILES string of the molecule is O=C(O)C(F)(F)F.Oc1cc2c(cc1O)C(c1ccccc1)NCC2. The lowest BCUT2D eigenvalue weighted by Gasteiger charge is -2.27. The number of carbonyl (C=O) groups is 1. The molecular formula is C17H16F3NO4. The largest absolute Gasteiger partial charge is 0.504 e. The van der Waals surface area contributed by atoms with E-state index in [1.165, 1.54) is 5.56 Å². The smallest absolute Gasteiger partial charge is 0.490 e. The molecule has 0 aliphatic carbocycles. The van der Waals surface area contributed by atoms with E-state index >= 15 is 0 Å². The summed E-state index contributed by atoms with van der Waals surface area (Å²) in [5.74, 6) is -2.85. The maximum absolute atomic E-state index is 10.6. The van der Waals surface area contributed by atoms with E-state index in [0.717, 1.165) is 24.1 Å². The van der Waals surface area contributed by atoms with Crippen molar-refractivity contribution in [1.82, 2.24) is 5.32 Å². The summed E-state index contributed by atoms with van der Waals surface area (Å²) in [7, 11) is 0. The molecule has 1 unspecified atom stereocenters. The van der Waals surface area contributed by atoms with Crippen LogP contribution < -0.4 is 5.32 Å². The average molecular weight is 355 g/mol. The van der Waals surface area contributed by atoms with E-state index in [1.54, 1.807) is 12.1 Å². The molecule has 0 spiro atoms. The van der Waals surface area contributed by atoms with Crippen molar-refractivity contribution < 1.29 is 33.3 Å². The number of fused-ring (bicyclic) bond motifs is 1. The minimum atomic E-state index is -5.08. The Morgan fingerprint density at radius 3 is 2.20 bits per heavy atom. The third-order valence-corrected chi connectivity index (χ3v) is 3.67. The van der Waals surface area contributed by atoms with Gasteiger partial charge in [0.2, 0.25) is 0 Å². The molecule has 2 aromatic carbocycles. The number of aliphatic carboxylic acids is 1. The second-order valence-corrected chi connectivity index (χ2v) is 5.39. The quantitative estimate of drug-likeness (QED) is 0.591. The van der Waals surface area contributed by atoms with Gasteiger partial charge in [-0.1, -0.05) is 30.3 Å². The highest BCUT2D eigenvalue weighted by Crippen LogP contribution is 2.35. The van der Waals surface area contributed by atoms with Crippen molar-refractivity contribution in [2.75, 3.05) is 6.54 Å². The van der Waals surface area contributed by atoms with Crippen LogP contribution in [0.4, 0.5) is 13.2 Å². The first kappa shape index (κ1) is 18.6. The number of rotatable bonds is 1. The molecule has 0 saturated carbocycles. The molecule has 3 rings (SSSR count). The highest BCUT2D eigenvalue weighted by molar-refractivity contribution is 5.73. The van der Waals surface area contributed by atoms with Gasteiger partial charge in [-0.15, -0.1) is 0 Å². The van der Waals surface area contributed by atoms with E-state index < -0.39 is 12.1 Å². The highest BCUT2D eigenvalue weighted by atomic mass is 19.4. The Balaban J connectivity index is 0.000000277. The van der Waals surface area contributed by atoms with Crippen LogP contribution in [0.2, 0.25) is 0 Å². The van der Waals surface area contributed by atoms with Gasteiger partial charge < -0.3 is 20.6 Å². The first-order chi connectivity index (χ1) is 11.7. The number of nitrogens with one attached hydrogen (secondary N) is 1. The van der Waals surface area contributed by atoms with Crippen LogP contribution >= 0.6 is 0 Å². The number of phenolic OH excluding ortho intramolecular Hbond substituents is 2. The molecule has 0 aromatic heterocycles. The highest BCUT2D eigenvalue weighted by Gasteiger charge is 2.38. The summed E-state index contributed by atoms with van der Waals surface area (Å²) in [6, 6.07) is 13.5. The van der Waals surface area contributed by atoms with Gasteiger partial charge in [0.05, 0.1) is 6.04 Å². The van der Waals surface area contributed by atoms with Crippen LogP contribution in [0.5, 0.6) is 11.5 Å². The lowest BCUT2D eigenvalue weighted by atomic mass is 9.89. The summed E-state index contributed by atoms with van der Waals surface area (Å²) >= 11 is 0. The number of hydrogen-bond acceptors (Lipinski definition) is 4. The van der Waals surface area contributed by atoms with Crippen molar-refractivity contribution in [2.24, 2.45) is 0 Å². The standard InChI is InChI=1S/C15H15NO2.C2HF3O2/c17-13-8-11-6-7-16-15(12(11)9-14(13)18)10-4-2-1-3-5-10;3-2(4,5)1(6)7/h1-5,8-9,15-18H,6-7H2;(H,6,7). The van der Waals surface area contributed by atoms with Gasteiger partial charge in [-0.05, 0) is 35.2 Å². The minimum Gasteiger partial charge on any atom is -0.504 e. The van der Waals surface area contributed by atoms with Gasteiger partial charge in [-0.3, -0.25) is 0 Å². The number of alkyl halides is 3. The number of benzene rings is 2. The molecule has 25 heavy (non-hydrogen) atoms. The second kappa shape index (κ2) is 7.43. The molecule has 1 aliphatic heterocycles. The van der Waals surface area contributed by atoms with Crippen LogP contribution in [0.25, 0.3) is 0 Å². The summed E-state index contributed by atoms with van der Waals surface area (Å²) < 4.78 is 31.7. The second-order valence-electron chi connectivity index (χ2n) is 5.39. The van der Waals surface area contributed by atoms with Crippen molar-refractivity contribution in [3.63, 3.8) is 0 Å². The topological polar surface area (TPSA) is 89.8 Å². The Morgan fingerprint density at radius 2 is 1.64 bits per heavy atom. The fourth-order valence-electron chi connectivity index (χ4n) is 2.53. The van der Waals surface area contributed by atoms with Crippen LogP contribution in [0, 0.1) is 0 Å². The van der Waals surface area contributed by atoms with Crippen molar-refractivity contribution in [1.29, 1.82) is 0 Å². The van der Waals surface area contributed by atoms with Gasteiger partial charge in [0.1, 0.15) is 0 Å². The maximum Gasteiger partial charge on any atom is 0.490 e. The van der Waals surface area contributed by atoms with Crippen molar-refractivity contribution >= 4 is 5.97 Å². The molecular weight excluding hydrogens is 339 g/mol. The molecule has 0 radical (unpaired) electrons. The molecule has 0 fully saturated rings. The summed E-state index contributed by atoms with van der Waals surface area (Å²) in [6.07, 6.45) is -4.22. The molecule has 8 heteroatoms. The molecule has 4 N–H and O–H groups in total. The van der Waals surface area contributed by atoms with Gasteiger partial charge in [-0.2, -0.15) is 13.2 Å². The normalized spacial score (nSPS) is 16.4. The lowest BCUT2D eigenvalue weighted by Crippen LogP contribution is -2.30.